The molecule has 1 amide bonds. The summed E-state index contributed by atoms with van der Waals surface area (Å²) in [4.78, 5) is 19.8. The van der Waals surface area contributed by atoms with E-state index in [-0.39, 0.29) is 11.4 Å². The fourth-order valence-electron chi connectivity index (χ4n) is 3.97. The van der Waals surface area contributed by atoms with Crippen LogP contribution in [0, 0.1) is 0 Å². The Labute approximate surface area is 191 Å². The molecule has 2 aromatic rings. The van der Waals surface area contributed by atoms with Gasteiger partial charge in [0.1, 0.15) is 0 Å². The number of benzene rings is 2. The molecule has 2 aliphatic rings. The molecule has 2 heterocycles. The summed E-state index contributed by atoms with van der Waals surface area (Å²) in [6.45, 7) is 6.74. The predicted molar refractivity (Wildman–Crippen MR) is 129 cm³/mol. The zero-order valence-electron chi connectivity index (χ0n) is 17.3. The topological polar surface area (TPSA) is 44.7 Å². The van der Waals surface area contributed by atoms with Crippen molar-refractivity contribution in [1.29, 1.82) is 0 Å². The number of aliphatic imine (C=N–C) groups is 1. The van der Waals surface area contributed by atoms with Gasteiger partial charge in [-0.15, -0.1) is 0 Å². The molecule has 0 saturated carbocycles. The fraction of sp³-hybridized carbons (Fsp3) is 0.304. The number of carbonyl (C=O) groups is 1. The van der Waals surface area contributed by atoms with Crippen molar-refractivity contribution in [1.82, 2.24) is 5.32 Å². The van der Waals surface area contributed by atoms with Crippen molar-refractivity contribution in [2.24, 2.45) is 4.99 Å². The van der Waals surface area contributed by atoms with Gasteiger partial charge in [0.25, 0.3) is 5.91 Å². The largest absolute Gasteiger partial charge is 0.369 e. The van der Waals surface area contributed by atoms with E-state index in [0.717, 1.165) is 23.4 Å². The summed E-state index contributed by atoms with van der Waals surface area (Å²) in [7, 11) is 2.11. The summed E-state index contributed by atoms with van der Waals surface area (Å²) < 4.78 is 0. The Bertz CT molecular complexity index is 1080. The molecule has 1 fully saturated rings. The molecule has 156 valence electrons. The molecule has 30 heavy (non-hydrogen) atoms. The number of amides is 1. The minimum atomic E-state index is -0.173. The number of hydrogen-bond acceptors (Lipinski definition) is 4. The van der Waals surface area contributed by atoms with Gasteiger partial charge in [0.05, 0.1) is 10.6 Å². The van der Waals surface area contributed by atoms with E-state index in [2.05, 4.69) is 49.1 Å². The number of rotatable bonds is 2. The molecule has 0 bridgehead atoms. The van der Waals surface area contributed by atoms with E-state index in [9.17, 15) is 4.79 Å². The Balaban J connectivity index is 1.64. The summed E-state index contributed by atoms with van der Waals surface area (Å²) in [5.41, 5.74) is 4.06. The maximum absolute atomic E-state index is 12.5. The molecule has 0 aromatic heterocycles. The van der Waals surface area contributed by atoms with Crippen LogP contribution >= 0.6 is 35.0 Å². The van der Waals surface area contributed by atoms with Crippen LogP contribution in [0.1, 0.15) is 44.2 Å². The molecule has 2 aliphatic heterocycles. The van der Waals surface area contributed by atoms with E-state index < -0.39 is 0 Å². The number of carbonyl (C=O) groups excluding carboxylic acids is 1. The SMILES string of the molecule is C[C@@H]1CC(C)(C)N(C)c2cc(Cl)c(/C=C3\SC(=Nc4ccc(Cl)cc4)NC3=O)cc21. The second kappa shape index (κ2) is 7.95. The van der Waals surface area contributed by atoms with Crippen molar-refractivity contribution >= 4 is 63.5 Å². The van der Waals surface area contributed by atoms with E-state index in [1.165, 1.54) is 17.3 Å². The first-order valence-corrected chi connectivity index (χ1v) is 11.3. The van der Waals surface area contributed by atoms with Crippen LogP contribution in [0.4, 0.5) is 11.4 Å². The molecule has 0 radical (unpaired) electrons. The Kier molecular flexibility index (Phi) is 5.64. The molecule has 1 N–H and O–H groups in total. The molecule has 4 nitrogen and oxygen atoms in total. The highest BCUT2D eigenvalue weighted by Crippen LogP contribution is 2.45. The fourth-order valence-corrected chi connectivity index (χ4v) is 5.14. The lowest BCUT2D eigenvalue weighted by molar-refractivity contribution is -0.115. The van der Waals surface area contributed by atoms with Gasteiger partial charge >= 0.3 is 0 Å². The number of fused-ring (bicyclic) bond motifs is 1. The minimum absolute atomic E-state index is 0.0734. The van der Waals surface area contributed by atoms with Gasteiger partial charge in [0.2, 0.25) is 0 Å². The van der Waals surface area contributed by atoms with Crippen molar-refractivity contribution in [3.63, 3.8) is 0 Å². The van der Waals surface area contributed by atoms with Crippen molar-refractivity contribution in [2.45, 2.75) is 38.6 Å². The number of anilines is 1. The summed E-state index contributed by atoms with van der Waals surface area (Å²) in [5, 5.41) is 4.64. The lowest BCUT2D eigenvalue weighted by Gasteiger charge is -2.45. The molecular weight excluding hydrogens is 437 g/mol. The van der Waals surface area contributed by atoms with Gasteiger partial charge in [-0.2, -0.15) is 0 Å². The smallest absolute Gasteiger partial charge is 0.264 e. The number of nitrogens with one attached hydrogen (secondary N) is 1. The Morgan fingerprint density at radius 1 is 1.23 bits per heavy atom. The van der Waals surface area contributed by atoms with Gasteiger partial charge in [-0.3, -0.25) is 4.79 Å². The zero-order chi connectivity index (χ0) is 21.6. The Hall–Kier alpha value is -1.95. The first-order chi connectivity index (χ1) is 14.1. The monoisotopic (exact) mass is 459 g/mol. The molecule has 1 saturated heterocycles. The molecule has 0 aliphatic carbocycles. The third-order valence-corrected chi connectivity index (χ3v) is 7.24. The van der Waals surface area contributed by atoms with Gasteiger partial charge < -0.3 is 10.2 Å². The van der Waals surface area contributed by atoms with Crippen LogP contribution in [0.25, 0.3) is 6.08 Å². The number of thioether (sulfide) groups is 1. The molecule has 0 unspecified atom stereocenters. The quantitative estimate of drug-likeness (QED) is 0.513. The van der Waals surface area contributed by atoms with Crippen LogP contribution in [-0.4, -0.2) is 23.7 Å². The third kappa shape index (κ3) is 4.11. The summed E-state index contributed by atoms with van der Waals surface area (Å²) in [5.74, 6) is 0.237. The van der Waals surface area contributed by atoms with Crippen LogP contribution in [0.15, 0.2) is 46.3 Å². The lowest BCUT2D eigenvalue weighted by atomic mass is 9.80. The van der Waals surface area contributed by atoms with Gasteiger partial charge in [-0.05, 0) is 91.5 Å². The van der Waals surface area contributed by atoms with E-state index in [1.54, 1.807) is 12.1 Å². The number of hydrogen-bond donors (Lipinski definition) is 1. The lowest BCUT2D eigenvalue weighted by Crippen LogP contribution is -2.45. The molecule has 0 spiro atoms. The molecular formula is C23H23Cl2N3OS. The van der Waals surface area contributed by atoms with Crippen LogP contribution in [0.3, 0.4) is 0 Å². The second-order valence-electron chi connectivity index (χ2n) is 8.37. The van der Waals surface area contributed by atoms with E-state index in [4.69, 9.17) is 23.2 Å². The Morgan fingerprint density at radius 2 is 1.93 bits per heavy atom. The second-order valence-corrected chi connectivity index (χ2v) is 10.2. The van der Waals surface area contributed by atoms with Gasteiger partial charge in [-0.1, -0.05) is 30.1 Å². The maximum atomic E-state index is 12.5. The first kappa shape index (κ1) is 21.3. The van der Waals surface area contributed by atoms with Crippen molar-refractivity contribution < 1.29 is 4.79 Å². The first-order valence-electron chi connectivity index (χ1n) is 9.76. The van der Waals surface area contributed by atoms with Crippen molar-refractivity contribution in [2.75, 3.05) is 11.9 Å². The number of nitrogens with zero attached hydrogens (tertiary/aromatic N) is 2. The van der Waals surface area contributed by atoms with Crippen LogP contribution in [-0.2, 0) is 4.79 Å². The highest BCUT2D eigenvalue weighted by Gasteiger charge is 2.34. The average molecular weight is 460 g/mol. The van der Waals surface area contributed by atoms with Crippen LogP contribution in [0.2, 0.25) is 10.0 Å². The zero-order valence-corrected chi connectivity index (χ0v) is 19.6. The van der Waals surface area contributed by atoms with Gasteiger partial charge in [0.15, 0.2) is 5.17 Å². The molecule has 4 rings (SSSR count). The third-order valence-electron chi connectivity index (χ3n) is 5.75. The van der Waals surface area contributed by atoms with E-state index in [1.807, 2.05) is 24.3 Å². The summed E-state index contributed by atoms with van der Waals surface area (Å²) >= 11 is 13.8. The molecule has 2 aromatic carbocycles. The van der Waals surface area contributed by atoms with E-state index >= 15 is 0 Å². The molecule has 1 atom stereocenters. The van der Waals surface area contributed by atoms with Gasteiger partial charge in [-0.25, -0.2) is 4.99 Å². The Morgan fingerprint density at radius 3 is 2.63 bits per heavy atom. The number of halogens is 2. The minimum Gasteiger partial charge on any atom is -0.369 e. The predicted octanol–water partition coefficient (Wildman–Crippen LogP) is 6.61. The maximum Gasteiger partial charge on any atom is 0.264 e. The van der Waals surface area contributed by atoms with Crippen molar-refractivity contribution in [3.8, 4) is 0 Å². The molecule has 7 heteroatoms. The van der Waals surface area contributed by atoms with Crippen LogP contribution in [0.5, 0.6) is 0 Å². The summed E-state index contributed by atoms with van der Waals surface area (Å²) in [6, 6.07) is 11.3. The van der Waals surface area contributed by atoms with Crippen LogP contribution < -0.4 is 10.2 Å². The number of amidine groups is 1. The average Bonchev–Trinajstić information content (AvgIpc) is 3.01. The standard InChI is InChI=1S/C23H23Cl2N3OS/c1-13-12-23(2,3)28(4)19-11-18(25)14(9-17(13)19)10-20-21(29)27-22(30-20)26-16-7-5-15(24)6-8-16/h5-11,13H,12H2,1-4H3,(H,26,27,29)/b20-10-/t13-/m1/s1. The van der Waals surface area contributed by atoms with Gasteiger partial charge in [0, 0.05) is 28.3 Å². The highest BCUT2D eigenvalue weighted by molar-refractivity contribution is 8.18. The highest BCUT2D eigenvalue weighted by atomic mass is 35.5. The van der Waals surface area contributed by atoms with E-state index in [0.29, 0.717) is 26.0 Å². The normalized spacial score (nSPS) is 23.1. The van der Waals surface area contributed by atoms with Crippen molar-refractivity contribution in [3.05, 3.63) is 62.5 Å². The summed E-state index contributed by atoms with van der Waals surface area (Å²) in [6.07, 6.45) is 2.90.